The van der Waals surface area contributed by atoms with Gasteiger partial charge < -0.3 is 42.0 Å². The first-order valence-corrected chi connectivity index (χ1v) is 9.99. The van der Waals surface area contributed by atoms with Crippen molar-refractivity contribution < 1.29 is 44.1 Å². The molecule has 1 aromatic rings. The van der Waals surface area contributed by atoms with Gasteiger partial charge in [0.1, 0.15) is 18.1 Å². The molecule has 0 aliphatic heterocycles. The van der Waals surface area contributed by atoms with Gasteiger partial charge in [0.05, 0.1) is 25.2 Å². The standard InChI is InChI=1S/C17H24N6O9S/c18-8(2-12(24)25)14(28)23-11(5-33)16(30)21-9(1-7-4-19-6-20-7)15(29)22-10(17(31)32)3-13(26)27/h4,6,8-11,33H,1-3,5,18H2,(H,19,20)(H,21,30)(H,22,29)(H,23,28)(H,24,25)(H,26,27)(H,31,32). The lowest BCUT2D eigenvalue weighted by atomic mass is 10.1. The summed E-state index contributed by atoms with van der Waals surface area (Å²) < 4.78 is 0. The lowest BCUT2D eigenvalue weighted by molar-refractivity contribution is -0.147. The zero-order valence-electron chi connectivity index (χ0n) is 17.1. The van der Waals surface area contributed by atoms with Crippen molar-refractivity contribution in [2.24, 2.45) is 5.73 Å². The van der Waals surface area contributed by atoms with Gasteiger partial charge in [0.15, 0.2) is 0 Å². The summed E-state index contributed by atoms with van der Waals surface area (Å²) in [6, 6.07) is -5.90. The monoisotopic (exact) mass is 488 g/mol. The SMILES string of the molecule is NC(CC(=O)O)C(=O)NC(CS)C(=O)NC(Cc1cnc[nH]1)C(=O)NC(CC(=O)O)C(=O)O. The van der Waals surface area contributed by atoms with Gasteiger partial charge >= 0.3 is 17.9 Å². The molecule has 0 aromatic carbocycles. The summed E-state index contributed by atoms with van der Waals surface area (Å²) >= 11 is 3.96. The van der Waals surface area contributed by atoms with Crippen molar-refractivity contribution in [2.75, 3.05) is 5.75 Å². The number of H-pyrrole nitrogens is 1. The Bertz CT molecular complexity index is 878. The molecule has 0 saturated heterocycles. The molecule has 33 heavy (non-hydrogen) atoms. The van der Waals surface area contributed by atoms with Crippen molar-refractivity contribution in [3.63, 3.8) is 0 Å². The molecule has 3 amide bonds. The van der Waals surface area contributed by atoms with E-state index in [1.165, 1.54) is 12.5 Å². The molecule has 0 saturated carbocycles. The summed E-state index contributed by atoms with van der Waals surface area (Å²) in [6.45, 7) is 0. The third-order valence-corrected chi connectivity index (χ3v) is 4.52. The molecule has 182 valence electrons. The van der Waals surface area contributed by atoms with Crippen LogP contribution in [0.4, 0.5) is 0 Å². The van der Waals surface area contributed by atoms with Crippen LogP contribution in [0.25, 0.3) is 0 Å². The number of carbonyl (C=O) groups is 6. The van der Waals surface area contributed by atoms with Crippen LogP contribution in [0, 0.1) is 0 Å². The molecule has 16 heteroatoms. The molecule has 1 rings (SSSR count). The highest BCUT2D eigenvalue weighted by Gasteiger charge is 2.31. The van der Waals surface area contributed by atoms with E-state index in [0.29, 0.717) is 5.69 Å². The summed E-state index contributed by atoms with van der Waals surface area (Å²) in [5.41, 5.74) is 5.84. The van der Waals surface area contributed by atoms with Gasteiger partial charge in [-0.3, -0.25) is 24.0 Å². The van der Waals surface area contributed by atoms with Crippen LogP contribution in [0.1, 0.15) is 18.5 Å². The molecular weight excluding hydrogens is 464 g/mol. The van der Waals surface area contributed by atoms with E-state index < -0.39 is 72.6 Å². The molecule has 0 fully saturated rings. The van der Waals surface area contributed by atoms with Gasteiger partial charge in [-0.2, -0.15) is 12.6 Å². The van der Waals surface area contributed by atoms with Crippen LogP contribution in [0.2, 0.25) is 0 Å². The Morgan fingerprint density at radius 2 is 1.45 bits per heavy atom. The minimum Gasteiger partial charge on any atom is -0.481 e. The van der Waals surface area contributed by atoms with Crippen LogP contribution >= 0.6 is 12.6 Å². The van der Waals surface area contributed by atoms with Crippen LogP contribution in [0.3, 0.4) is 0 Å². The average Bonchev–Trinajstić information content (AvgIpc) is 3.22. The zero-order chi connectivity index (χ0) is 25.1. The number of hydrogen-bond acceptors (Lipinski definition) is 9. The normalized spacial score (nSPS) is 14.2. The van der Waals surface area contributed by atoms with Crippen LogP contribution in [-0.2, 0) is 35.2 Å². The second-order valence-electron chi connectivity index (χ2n) is 6.79. The molecule has 0 aliphatic rings. The Kier molecular flexibility index (Phi) is 10.8. The number of imidazole rings is 1. The molecule has 15 nitrogen and oxygen atoms in total. The topological polar surface area (TPSA) is 254 Å². The van der Waals surface area contributed by atoms with Crippen LogP contribution in [-0.4, -0.2) is 90.8 Å². The maximum absolute atomic E-state index is 12.7. The number of amides is 3. The van der Waals surface area contributed by atoms with Crippen molar-refractivity contribution in [2.45, 2.75) is 43.4 Å². The number of nitrogens with zero attached hydrogens (tertiary/aromatic N) is 1. The molecule has 0 spiro atoms. The van der Waals surface area contributed by atoms with Gasteiger partial charge in [0.25, 0.3) is 0 Å². The molecule has 1 heterocycles. The summed E-state index contributed by atoms with van der Waals surface area (Å²) in [7, 11) is 0. The maximum Gasteiger partial charge on any atom is 0.326 e. The summed E-state index contributed by atoms with van der Waals surface area (Å²) in [5, 5.41) is 33.3. The van der Waals surface area contributed by atoms with Crippen LogP contribution < -0.4 is 21.7 Å². The zero-order valence-corrected chi connectivity index (χ0v) is 17.9. The van der Waals surface area contributed by atoms with E-state index in [2.05, 4.69) is 33.2 Å². The second-order valence-corrected chi connectivity index (χ2v) is 7.15. The van der Waals surface area contributed by atoms with Crippen molar-refractivity contribution >= 4 is 48.3 Å². The smallest absolute Gasteiger partial charge is 0.326 e. The number of aromatic amines is 1. The number of carboxylic acid groups (broad SMARTS) is 3. The van der Waals surface area contributed by atoms with E-state index in [-0.39, 0.29) is 12.2 Å². The summed E-state index contributed by atoms with van der Waals surface area (Å²) in [4.78, 5) is 76.6. The Labute approximate surface area is 191 Å². The molecule has 4 atom stereocenters. The predicted molar refractivity (Wildman–Crippen MR) is 112 cm³/mol. The van der Waals surface area contributed by atoms with E-state index in [1.54, 1.807) is 0 Å². The molecule has 0 radical (unpaired) electrons. The Morgan fingerprint density at radius 3 is 1.94 bits per heavy atom. The summed E-state index contributed by atoms with van der Waals surface area (Å²) in [5.74, 6) is -7.46. The fourth-order valence-corrected chi connectivity index (χ4v) is 2.76. The highest BCUT2D eigenvalue weighted by molar-refractivity contribution is 7.80. The van der Waals surface area contributed by atoms with Gasteiger partial charge in [0, 0.05) is 24.1 Å². The summed E-state index contributed by atoms with van der Waals surface area (Å²) in [6.07, 6.45) is 0.890. The van der Waals surface area contributed by atoms with Gasteiger partial charge in [-0.25, -0.2) is 9.78 Å². The Hall–Kier alpha value is -3.66. The van der Waals surface area contributed by atoms with Crippen molar-refractivity contribution in [3.8, 4) is 0 Å². The number of nitrogens with one attached hydrogen (secondary N) is 4. The fourth-order valence-electron chi connectivity index (χ4n) is 2.50. The van der Waals surface area contributed by atoms with Crippen LogP contribution in [0.15, 0.2) is 12.5 Å². The highest BCUT2D eigenvalue weighted by Crippen LogP contribution is 2.03. The number of rotatable bonds is 14. The number of carboxylic acids is 3. The third-order valence-electron chi connectivity index (χ3n) is 4.15. The molecule has 4 unspecified atom stereocenters. The molecule has 1 aromatic heterocycles. The Morgan fingerprint density at radius 1 is 0.909 bits per heavy atom. The average molecular weight is 488 g/mol. The number of hydrogen-bond donors (Lipinski definition) is 9. The van der Waals surface area contributed by atoms with Gasteiger partial charge in [0.2, 0.25) is 17.7 Å². The molecular formula is C17H24N6O9S. The van der Waals surface area contributed by atoms with Crippen molar-refractivity contribution in [1.82, 2.24) is 25.9 Å². The fraction of sp³-hybridized carbons (Fsp3) is 0.471. The molecule has 0 aliphatic carbocycles. The van der Waals surface area contributed by atoms with Crippen LogP contribution in [0.5, 0.6) is 0 Å². The number of nitrogens with two attached hydrogens (primary N) is 1. The first kappa shape index (κ1) is 27.4. The first-order valence-electron chi connectivity index (χ1n) is 9.35. The Balaban J connectivity index is 2.96. The number of aromatic nitrogens is 2. The van der Waals surface area contributed by atoms with E-state index >= 15 is 0 Å². The van der Waals surface area contributed by atoms with Gasteiger partial charge in [-0.15, -0.1) is 0 Å². The quantitative estimate of drug-likeness (QED) is 0.117. The molecule has 0 bridgehead atoms. The number of aliphatic carboxylic acids is 3. The number of thiol groups is 1. The van der Waals surface area contributed by atoms with Gasteiger partial charge in [-0.05, 0) is 0 Å². The lowest BCUT2D eigenvalue weighted by Crippen LogP contribution is -2.58. The van der Waals surface area contributed by atoms with Crippen molar-refractivity contribution in [3.05, 3.63) is 18.2 Å². The number of carbonyl (C=O) groups excluding carboxylic acids is 3. The minimum atomic E-state index is -1.76. The van der Waals surface area contributed by atoms with E-state index in [1.807, 2.05) is 5.32 Å². The lowest BCUT2D eigenvalue weighted by Gasteiger charge is -2.24. The van der Waals surface area contributed by atoms with Gasteiger partial charge in [-0.1, -0.05) is 0 Å². The third kappa shape index (κ3) is 9.56. The van der Waals surface area contributed by atoms with E-state index in [9.17, 15) is 28.8 Å². The first-order chi connectivity index (χ1) is 15.4. The second kappa shape index (κ2) is 13.0. The van der Waals surface area contributed by atoms with E-state index in [4.69, 9.17) is 21.1 Å². The molecule has 9 N–H and O–H groups in total. The minimum absolute atomic E-state index is 0.178. The maximum atomic E-state index is 12.7. The van der Waals surface area contributed by atoms with Crippen molar-refractivity contribution in [1.29, 1.82) is 0 Å². The predicted octanol–water partition coefficient (Wildman–Crippen LogP) is -3.30. The van der Waals surface area contributed by atoms with E-state index in [0.717, 1.165) is 0 Å². The largest absolute Gasteiger partial charge is 0.481 e. The highest BCUT2D eigenvalue weighted by atomic mass is 32.1.